The van der Waals surface area contributed by atoms with Gasteiger partial charge in [0.05, 0.1) is 19.0 Å². The van der Waals surface area contributed by atoms with E-state index in [-0.39, 0.29) is 47.9 Å². The van der Waals surface area contributed by atoms with Crippen LogP contribution in [0, 0.1) is 11.7 Å². The lowest BCUT2D eigenvalue weighted by atomic mass is 10.0. The van der Waals surface area contributed by atoms with Crippen LogP contribution < -0.4 is 32.5 Å². The highest BCUT2D eigenvalue weighted by Crippen LogP contribution is 2.45. The zero-order valence-electron chi connectivity index (χ0n) is 15.8. The number of halogens is 3. The van der Waals surface area contributed by atoms with Crippen molar-refractivity contribution in [2.75, 3.05) is 37.5 Å². The van der Waals surface area contributed by atoms with E-state index in [0.29, 0.717) is 17.5 Å². The van der Waals surface area contributed by atoms with E-state index in [1.807, 2.05) is 0 Å². The van der Waals surface area contributed by atoms with Gasteiger partial charge in [-0.25, -0.2) is 18.0 Å². The second kappa shape index (κ2) is 6.68. The Morgan fingerprint density at radius 3 is 2.59 bits per heavy atom. The molecule has 1 unspecified atom stereocenters. The number of nitrogen functional groups attached to an aromatic ring is 1. The quantitative estimate of drug-likeness (QED) is 0.702. The van der Waals surface area contributed by atoms with E-state index in [4.69, 9.17) is 16.3 Å². The molecule has 2 aromatic rings. The van der Waals surface area contributed by atoms with Gasteiger partial charge in [-0.1, -0.05) is 0 Å². The molecule has 0 bridgehead atoms. The summed E-state index contributed by atoms with van der Waals surface area (Å²) in [5.74, 6) is 0.492. The lowest BCUT2D eigenvalue weighted by Crippen LogP contribution is -2.44. The van der Waals surface area contributed by atoms with E-state index < -0.39 is 35.5 Å². The molecule has 1 aliphatic heterocycles. The molecule has 8 nitrogen and oxygen atoms in total. The van der Waals surface area contributed by atoms with Crippen LogP contribution in [0.1, 0.15) is 25.3 Å². The van der Waals surface area contributed by atoms with Crippen molar-refractivity contribution >= 4 is 16.6 Å². The molecule has 2 fully saturated rings. The Hall–Kier alpha value is -2.69. The Morgan fingerprint density at radius 2 is 2.00 bits per heavy atom. The third-order valence-corrected chi connectivity index (χ3v) is 5.67. The van der Waals surface area contributed by atoms with Crippen LogP contribution in [0.25, 0.3) is 10.9 Å². The number of benzene rings is 1. The first-order valence-corrected chi connectivity index (χ1v) is 9.37. The fourth-order valence-electron chi connectivity index (χ4n) is 4.12. The van der Waals surface area contributed by atoms with Gasteiger partial charge in [-0.05, 0) is 31.9 Å². The molecule has 1 atom stereocenters. The van der Waals surface area contributed by atoms with Gasteiger partial charge < -0.3 is 21.2 Å². The van der Waals surface area contributed by atoms with Crippen molar-refractivity contribution in [3.05, 3.63) is 32.7 Å². The second-order valence-electron chi connectivity index (χ2n) is 7.61. The van der Waals surface area contributed by atoms with Gasteiger partial charge in [0.25, 0.3) is 11.5 Å². The van der Waals surface area contributed by atoms with Crippen molar-refractivity contribution in [2.24, 2.45) is 11.7 Å². The van der Waals surface area contributed by atoms with Crippen LogP contribution in [0.3, 0.4) is 0 Å². The van der Waals surface area contributed by atoms with Crippen LogP contribution in [0.15, 0.2) is 15.7 Å². The molecule has 4 N–H and O–H groups in total. The molecule has 158 valence electrons. The number of fused-ring (bicyclic) bond motifs is 1. The minimum atomic E-state index is -3.05. The molecule has 11 heteroatoms. The van der Waals surface area contributed by atoms with Crippen molar-refractivity contribution < 1.29 is 17.9 Å². The molecule has 0 spiro atoms. The predicted octanol–water partition coefficient (Wildman–Crippen LogP) is 0.780. The summed E-state index contributed by atoms with van der Waals surface area (Å²) in [6.45, 7) is -0.745. The number of nitrogens with zero attached hydrogens (tertiary/aromatic N) is 3. The van der Waals surface area contributed by atoms with E-state index in [9.17, 15) is 18.4 Å². The summed E-state index contributed by atoms with van der Waals surface area (Å²) in [7, 11) is 1.25. The van der Waals surface area contributed by atoms with E-state index in [2.05, 4.69) is 0 Å². The van der Waals surface area contributed by atoms with Crippen LogP contribution in [-0.4, -0.2) is 41.9 Å². The first kappa shape index (κ1) is 19.6. The normalized spacial score (nSPS) is 21.1. The number of alkyl halides is 2. The van der Waals surface area contributed by atoms with Gasteiger partial charge in [0.1, 0.15) is 11.2 Å². The SMILES string of the molecule is COc1c(N2CC(CCN)C(F)(F)C2)c(F)cc2c(=O)n(N)c(=O)n(C3CC3)c12. The summed E-state index contributed by atoms with van der Waals surface area (Å²) in [5, 5.41) is -0.137. The lowest BCUT2D eigenvalue weighted by Gasteiger charge is -2.24. The van der Waals surface area contributed by atoms with Crippen molar-refractivity contribution in [2.45, 2.75) is 31.2 Å². The number of anilines is 1. The van der Waals surface area contributed by atoms with E-state index >= 15 is 4.39 Å². The summed E-state index contributed by atoms with van der Waals surface area (Å²) in [6.07, 6.45) is 1.46. The maximum Gasteiger partial charge on any atom is 0.350 e. The molecule has 29 heavy (non-hydrogen) atoms. The molecule has 1 saturated carbocycles. The second-order valence-corrected chi connectivity index (χ2v) is 7.61. The highest BCUT2D eigenvalue weighted by Gasteiger charge is 2.49. The van der Waals surface area contributed by atoms with Gasteiger partial charge in [-0.15, -0.1) is 0 Å². The number of aromatic nitrogens is 2. The Kier molecular flexibility index (Phi) is 4.52. The van der Waals surface area contributed by atoms with E-state index in [0.717, 1.165) is 6.07 Å². The van der Waals surface area contributed by atoms with Crippen molar-refractivity contribution in [1.29, 1.82) is 0 Å². The van der Waals surface area contributed by atoms with Crippen LogP contribution in [0.5, 0.6) is 5.75 Å². The third kappa shape index (κ3) is 2.95. The lowest BCUT2D eigenvalue weighted by molar-refractivity contribution is -0.0225. The van der Waals surface area contributed by atoms with Gasteiger partial charge in [0.2, 0.25) is 0 Å². The van der Waals surface area contributed by atoms with Gasteiger partial charge in [0, 0.05) is 18.5 Å². The summed E-state index contributed by atoms with van der Waals surface area (Å²) >= 11 is 0. The smallest absolute Gasteiger partial charge is 0.350 e. The summed E-state index contributed by atoms with van der Waals surface area (Å²) in [5.41, 5.74) is 3.70. The molecular formula is C18H22F3N5O3. The third-order valence-electron chi connectivity index (χ3n) is 5.67. The molecule has 0 amide bonds. The standard InChI is InChI=1S/C18H22F3N5O3/c1-29-15-13-11(16(27)26(23)17(28)25(13)10-2-3-10)6-12(19)14(15)24-7-9(4-5-22)18(20,21)8-24/h6,9-10H,2-5,7-8,22-23H2,1H3. The Balaban J connectivity index is 1.98. The maximum absolute atomic E-state index is 15.1. The Morgan fingerprint density at radius 1 is 1.31 bits per heavy atom. The first-order chi connectivity index (χ1) is 13.7. The van der Waals surface area contributed by atoms with Crippen LogP contribution in [-0.2, 0) is 0 Å². The molecule has 2 heterocycles. The summed E-state index contributed by atoms with van der Waals surface area (Å²) in [4.78, 5) is 26.3. The molecular weight excluding hydrogens is 391 g/mol. The number of ether oxygens (including phenoxy) is 1. The number of rotatable bonds is 5. The molecule has 0 radical (unpaired) electrons. The monoisotopic (exact) mass is 413 g/mol. The fraction of sp³-hybridized carbons (Fsp3) is 0.556. The van der Waals surface area contributed by atoms with Crippen LogP contribution in [0.2, 0.25) is 0 Å². The molecule has 1 aliphatic carbocycles. The molecule has 1 saturated heterocycles. The van der Waals surface area contributed by atoms with Gasteiger partial charge in [-0.3, -0.25) is 9.36 Å². The van der Waals surface area contributed by atoms with Crippen molar-refractivity contribution in [3.8, 4) is 5.75 Å². The highest BCUT2D eigenvalue weighted by atomic mass is 19.3. The average molecular weight is 413 g/mol. The van der Waals surface area contributed by atoms with Gasteiger partial charge in [-0.2, -0.15) is 4.68 Å². The zero-order chi connectivity index (χ0) is 21.1. The van der Waals surface area contributed by atoms with E-state index in [1.165, 1.54) is 16.6 Å². The molecule has 4 rings (SSSR count). The minimum Gasteiger partial charge on any atom is -0.492 e. The molecule has 1 aromatic carbocycles. The predicted molar refractivity (Wildman–Crippen MR) is 102 cm³/mol. The maximum atomic E-state index is 15.1. The van der Waals surface area contributed by atoms with E-state index in [1.54, 1.807) is 0 Å². The number of hydrogen-bond acceptors (Lipinski definition) is 6. The topological polar surface area (TPSA) is 109 Å². The molecule has 1 aromatic heterocycles. The fourth-order valence-corrected chi connectivity index (χ4v) is 4.12. The van der Waals surface area contributed by atoms with Crippen LogP contribution >= 0.6 is 0 Å². The zero-order valence-corrected chi connectivity index (χ0v) is 15.8. The average Bonchev–Trinajstić information content (AvgIpc) is 3.45. The minimum absolute atomic E-state index is 0.0775. The molecule has 2 aliphatic rings. The first-order valence-electron chi connectivity index (χ1n) is 9.37. The number of methoxy groups -OCH3 is 1. The van der Waals surface area contributed by atoms with Crippen molar-refractivity contribution in [3.63, 3.8) is 0 Å². The number of nitrogens with two attached hydrogens (primary N) is 2. The summed E-state index contributed by atoms with van der Waals surface area (Å²) in [6, 6.07) is 0.726. The number of hydrogen-bond donors (Lipinski definition) is 2. The van der Waals surface area contributed by atoms with Gasteiger partial charge in [0.15, 0.2) is 11.6 Å². The Labute approximate surface area is 163 Å². The highest BCUT2D eigenvalue weighted by molar-refractivity contribution is 5.91. The Bertz CT molecular complexity index is 1090. The van der Waals surface area contributed by atoms with Crippen molar-refractivity contribution in [1.82, 2.24) is 9.24 Å². The van der Waals surface area contributed by atoms with Gasteiger partial charge >= 0.3 is 5.69 Å². The summed E-state index contributed by atoms with van der Waals surface area (Å²) < 4.78 is 51.0. The largest absolute Gasteiger partial charge is 0.492 e. The van der Waals surface area contributed by atoms with Crippen LogP contribution in [0.4, 0.5) is 18.9 Å².